The van der Waals surface area contributed by atoms with Crippen LogP contribution in [0.5, 0.6) is 0 Å². The van der Waals surface area contributed by atoms with E-state index in [1.807, 2.05) is 49.1 Å². The normalized spacial score (nSPS) is 13.1. The van der Waals surface area contributed by atoms with E-state index in [0.29, 0.717) is 6.54 Å². The highest BCUT2D eigenvalue weighted by Crippen LogP contribution is 2.12. The van der Waals surface area contributed by atoms with E-state index in [0.717, 1.165) is 17.9 Å². The van der Waals surface area contributed by atoms with E-state index in [9.17, 15) is 5.11 Å². The van der Waals surface area contributed by atoms with Gasteiger partial charge in [0.05, 0.1) is 6.10 Å². The lowest BCUT2D eigenvalue weighted by molar-refractivity contribution is 0.130. The summed E-state index contributed by atoms with van der Waals surface area (Å²) in [5.41, 5.74) is 0.994. The van der Waals surface area contributed by atoms with Crippen molar-refractivity contribution < 1.29 is 5.11 Å². The summed E-state index contributed by atoms with van der Waals surface area (Å²) >= 11 is 1.83. The summed E-state index contributed by atoms with van der Waals surface area (Å²) in [4.78, 5) is 2.16. The molecule has 1 rings (SSSR count). The van der Waals surface area contributed by atoms with Crippen LogP contribution in [-0.4, -0.2) is 42.2 Å². The van der Waals surface area contributed by atoms with Gasteiger partial charge in [-0.05, 0) is 18.9 Å². The fourth-order valence-electron chi connectivity index (χ4n) is 1.41. The van der Waals surface area contributed by atoms with E-state index >= 15 is 0 Å². The Morgan fingerprint density at radius 2 is 2.00 bits per heavy atom. The zero-order valence-electron chi connectivity index (χ0n) is 9.39. The van der Waals surface area contributed by atoms with E-state index in [1.165, 1.54) is 0 Å². The molecule has 0 aliphatic rings. The quantitative estimate of drug-likeness (QED) is 0.801. The van der Waals surface area contributed by atoms with Crippen LogP contribution in [0.4, 0.5) is 0 Å². The van der Waals surface area contributed by atoms with E-state index in [4.69, 9.17) is 0 Å². The van der Waals surface area contributed by atoms with E-state index in [2.05, 4.69) is 11.2 Å². The third-order valence-corrected chi connectivity index (χ3v) is 2.94. The average Bonchev–Trinajstić information content (AvgIpc) is 2.27. The number of benzene rings is 1. The molecule has 15 heavy (non-hydrogen) atoms. The largest absolute Gasteiger partial charge is 0.387 e. The van der Waals surface area contributed by atoms with Gasteiger partial charge in [0.1, 0.15) is 0 Å². The predicted molar refractivity (Wildman–Crippen MR) is 67.3 cm³/mol. The van der Waals surface area contributed by atoms with Crippen molar-refractivity contribution in [3.8, 4) is 0 Å². The number of hydrogen-bond donors (Lipinski definition) is 1. The first-order valence-electron chi connectivity index (χ1n) is 5.14. The van der Waals surface area contributed by atoms with Crippen LogP contribution in [0.1, 0.15) is 11.7 Å². The predicted octanol–water partition coefficient (Wildman–Crippen LogP) is 2.01. The van der Waals surface area contributed by atoms with E-state index < -0.39 is 0 Å². The number of thioether (sulfide) groups is 1. The van der Waals surface area contributed by atoms with Crippen molar-refractivity contribution in [1.82, 2.24) is 4.90 Å². The van der Waals surface area contributed by atoms with Gasteiger partial charge in [0.2, 0.25) is 0 Å². The van der Waals surface area contributed by atoms with Gasteiger partial charge in [-0.3, -0.25) is 0 Å². The standard InChI is InChI=1S/C12H19NOS/c1-13(8-9-15-2)10-12(14)11-6-4-3-5-7-11/h3-7,12,14H,8-10H2,1-2H3. The van der Waals surface area contributed by atoms with E-state index in [1.54, 1.807) is 0 Å². The van der Waals surface area contributed by atoms with Crippen LogP contribution < -0.4 is 0 Å². The van der Waals surface area contributed by atoms with Crippen LogP contribution in [0.15, 0.2) is 30.3 Å². The number of likely N-dealkylation sites (N-methyl/N-ethyl adjacent to an activating group) is 1. The van der Waals surface area contributed by atoms with Crippen LogP contribution in [0.3, 0.4) is 0 Å². The molecule has 0 aliphatic heterocycles. The SMILES string of the molecule is CSCCN(C)CC(O)c1ccccc1. The molecule has 0 fully saturated rings. The van der Waals surface area contributed by atoms with Gasteiger partial charge in [0.25, 0.3) is 0 Å². The zero-order chi connectivity index (χ0) is 11.1. The molecule has 0 amide bonds. The minimum absolute atomic E-state index is 0.377. The Balaban J connectivity index is 2.38. The minimum Gasteiger partial charge on any atom is -0.387 e. The molecule has 1 aromatic carbocycles. The van der Waals surface area contributed by atoms with Crippen molar-refractivity contribution in [3.05, 3.63) is 35.9 Å². The average molecular weight is 225 g/mol. The lowest BCUT2D eigenvalue weighted by atomic mass is 10.1. The molecule has 0 saturated carbocycles. The summed E-state index contributed by atoms with van der Waals surface area (Å²) in [6.07, 6.45) is 1.72. The third-order valence-electron chi connectivity index (χ3n) is 2.35. The van der Waals surface area contributed by atoms with Gasteiger partial charge in [-0.15, -0.1) is 0 Å². The molecule has 0 heterocycles. The minimum atomic E-state index is -0.377. The van der Waals surface area contributed by atoms with Crippen molar-refractivity contribution in [1.29, 1.82) is 0 Å². The van der Waals surface area contributed by atoms with Gasteiger partial charge in [-0.1, -0.05) is 30.3 Å². The fourth-order valence-corrected chi connectivity index (χ4v) is 1.91. The molecular weight excluding hydrogens is 206 g/mol. The highest BCUT2D eigenvalue weighted by Gasteiger charge is 2.09. The van der Waals surface area contributed by atoms with Crippen LogP contribution in [0, 0.1) is 0 Å². The monoisotopic (exact) mass is 225 g/mol. The first-order valence-corrected chi connectivity index (χ1v) is 6.54. The van der Waals surface area contributed by atoms with Crippen molar-refractivity contribution in [2.45, 2.75) is 6.10 Å². The smallest absolute Gasteiger partial charge is 0.0916 e. The van der Waals surface area contributed by atoms with Crippen LogP contribution in [-0.2, 0) is 0 Å². The molecular formula is C12H19NOS. The summed E-state index contributed by atoms with van der Waals surface area (Å²) in [5, 5.41) is 9.94. The number of aliphatic hydroxyl groups is 1. The molecule has 1 aromatic rings. The van der Waals surface area contributed by atoms with Gasteiger partial charge in [0.15, 0.2) is 0 Å². The summed E-state index contributed by atoms with van der Waals surface area (Å²) in [7, 11) is 2.04. The maximum atomic E-state index is 9.94. The molecule has 1 unspecified atom stereocenters. The first-order chi connectivity index (χ1) is 7.24. The van der Waals surface area contributed by atoms with Gasteiger partial charge in [0, 0.05) is 18.8 Å². The van der Waals surface area contributed by atoms with Crippen LogP contribution in [0.2, 0.25) is 0 Å². The Kier molecular flexibility index (Phi) is 5.76. The maximum Gasteiger partial charge on any atom is 0.0916 e. The summed E-state index contributed by atoms with van der Waals surface area (Å²) < 4.78 is 0. The van der Waals surface area contributed by atoms with Gasteiger partial charge in [-0.25, -0.2) is 0 Å². The molecule has 0 aliphatic carbocycles. The molecule has 3 heteroatoms. The summed E-state index contributed by atoms with van der Waals surface area (Å²) in [6, 6.07) is 9.81. The van der Waals surface area contributed by atoms with Gasteiger partial charge < -0.3 is 10.0 Å². The maximum absolute atomic E-state index is 9.94. The molecule has 0 radical (unpaired) electrons. The Morgan fingerprint density at radius 1 is 1.33 bits per heavy atom. The zero-order valence-corrected chi connectivity index (χ0v) is 10.2. The van der Waals surface area contributed by atoms with E-state index in [-0.39, 0.29) is 6.10 Å². The number of rotatable bonds is 6. The van der Waals surface area contributed by atoms with Crippen molar-refractivity contribution in [2.75, 3.05) is 32.1 Å². The molecule has 84 valence electrons. The summed E-state index contributed by atoms with van der Waals surface area (Å²) in [5.74, 6) is 1.11. The molecule has 1 atom stereocenters. The van der Waals surface area contributed by atoms with Gasteiger partial charge in [-0.2, -0.15) is 11.8 Å². The molecule has 0 saturated heterocycles. The highest BCUT2D eigenvalue weighted by molar-refractivity contribution is 7.98. The van der Waals surface area contributed by atoms with Crippen molar-refractivity contribution >= 4 is 11.8 Å². The topological polar surface area (TPSA) is 23.5 Å². The van der Waals surface area contributed by atoms with Crippen molar-refractivity contribution in [2.24, 2.45) is 0 Å². The first kappa shape index (κ1) is 12.6. The lowest BCUT2D eigenvalue weighted by Gasteiger charge is -2.20. The molecule has 0 bridgehead atoms. The Bertz CT molecular complexity index is 266. The Labute approximate surface area is 96.3 Å². The number of hydrogen-bond acceptors (Lipinski definition) is 3. The Morgan fingerprint density at radius 3 is 2.60 bits per heavy atom. The molecule has 0 aromatic heterocycles. The highest BCUT2D eigenvalue weighted by atomic mass is 32.2. The molecule has 2 nitrogen and oxygen atoms in total. The number of nitrogens with zero attached hydrogens (tertiary/aromatic N) is 1. The second-order valence-electron chi connectivity index (χ2n) is 3.68. The third kappa shape index (κ3) is 4.69. The second-order valence-corrected chi connectivity index (χ2v) is 4.67. The Hall–Kier alpha value is -0.510. The van der Waals surface area contributed by atoms with Crippen LogP contribution >= 0.6 is 11.8 Å². The van der Waals surface area contributed by atoms with Crippen molar-refractivity contribution in [3.63, 3.8) is 0 Å². The second kappa shape index (κ2) is 6.88. The summed E-state index contributed by atoms with van der Waals surface area (Å²) in [6.45, 7) is 1.72. The van der Waals surface area contributed by atoms with Gasteiger partial charge >= 0.3 is 0 Å². The molecule has 0 spiro atoms. The molecule has 1 N–H and O–H groups in total. The van der Waals surface area contributed by atoms with Crippen LogP contribution in [0.25, 0.3) is 0 Å². The number of aliphatic hydroxyl groups excluding tert-OH is 1. The fraction of sp³-hybridized carbons (Fsp3) is 0.500. The lowest BCUT2D eigenvalue weighted by Crippen LogP contribution is -2.26.